The van der Waals surface area contributed by atoms with Crippen LogP contribution >= 0.6 is 11.3 Å². The van der Waals surface area contributed by atoms with Gasteiger partial charge in [-0.25, -0.2) is 0 Å². The van der Waals surface area contributed by atoms with Crippen LogP contribution in [0.4, 0.5) is 13.2 Å². The summed E-state index contributed by atoms with van der Waals surface area (Å²) in [6.45, 7) is 2.38. The first-order valence-electron chi connectivity index (χ1n) is 5.80. The van der Waals surface area contributed by atoms with Gasteiger partial charge >= 0.3 is 6.18 Å². The van der Waals surface area contributed by atoms with Gasteiger partial charge < -0.3 is 10.1 Å². The monoisotopic (exact) mass is 281 g/mol. The fourth-order valence-corrected chi connectivity index (χ4v) is 2.45. The van der Waals surface area contributed by atoms with Gasteiger partial charge in [0.15, 0.2) is 0 Å². The third kappa shape index (κ3) is 3.81. The standard InChI is InChI=1S/C10H14F3N3OS/c11-10(12,13)8-15-16-9(18-8)17-5-3-7-2-1-4-14-6-7/h7,14H,1-6H2. The summed E-state index contributed by atoms with van der Waals surface area (Å²) < 4.78 is 42.0. The van der Waals surface area contributed by atoms with Gasteiger partial charge in [-0.2, -0.15) is 13.2 Å². The Morgan fingerprint density at radius 3 is 2.83 bits per heavy atom. The van der Waals surface area contributed by atoms with Crippen molar-refractivity contribution in [2.75, 3.05) is 19.7 Å². The van der Waals surface area contributed by atoms with E-state index >= 15 is 0 Å². The highest BCUT2D eigenvalue weighted by Gasteiger charge is 2.36. The molecule has 102 valence electrons. The van der Waals surface area contributed by atoms with Crippen molar-refractivity contribution in [3.8, 4) is 5.19 Å². The normalized spacial score (nSPS) is 20.9. The molecule has 0 radical (unpaired) electrons. The lowest BCUT2D eigenvalue weighted by Gasteiger charge is -2.22. The van der Waals surface area contributed by atoms with E-state index < -0.39 is 11.2 Å². The molecule has 1 fully saturated rings. The predicted molar refractivity (Wildman–Crippen MR) is 60.6 cm³/mol. The van der Waals surface area contributed by atoms with E-state index in [0.29, 0.717) is 23.9 Å². The van der Waals surface area contributed by atoms with Crippen LogP contribution in [-0.2, 0) is 6.18 Å². The summed E-state index contributed by atoms with van der Waals surface area (Å²) in [6.07, 6.45) is -1.33. The second kappa shape index (κ2) is 5.83. The van der Waals surface area contributed by atoms with Crippen LogP contribution < -0.4 is 10.1 Å². The smallest absolute Gasteiger partial charge is 0.445 e. The highest BCUT2D eigenvalue weighted by molar-refractivity contribution is 7.13. The first kappa shape index (κ1) is 13.5. The SMILES string of the molecule is FC(F)(F)c1nnc(OCCC2CCCNC2)s1. The fraction of sp³-hybridized carbons (Fsp3) is 0.800. The van der Waals surface area contributed by atoms with Gasteiger partial charge in [-0.1, -0.05) is 16.4 Å². The van der Waals surface area contributed by atoms with E-state index in [1.165, 1.54) is 0 Å². The van der Waals surface area contributed by atoms with Crippen molar-refractivity contribution in [1.29, 1.82) is 0 Å². The molecule has 18 heavy (non-hydrogen) atoms. The van der Waals surface area contributed by atoms with Crippen LogP contribution in [0.5, 0.6) is 5.19 Å². The molecule has 1 N–H and O–H groups in total. The minimum Gasteiger partial charge on any atom is -0.469 e. The number of aromatic nitrogens is 2. The lowest BCUT2D eigenvalue weighted by molar-refractivity contribution is -0.138. The highest BCUT2D eigenvalue weighted by atomic mass is 32.1. The zero-order chi connectivity index (χ0) is 13.0. The summed E-state index contributed by atoms with van der Waals surface area (Å²) in [6, 6.07) is 0. The molecule has 1 aliphatic rings. The lowest BCUT2D eigenvalue weighted by Crippen LogP contribution is -2.30. The molecule has 1 saturated heterocycles. The van der Waals surface area contributed by atoms with Crippen LogP contribution in [0.15, 0.2) is 0 Å². The van der Waals surface area contributed by atoms with Crippen LogP contribution in [0, 0.1) is 5.92 Å². The predicted octanol–water partition coefficient (Wildman–Crippen LogP) is 2.33. The fourth-order valence-electron chi connectivity index (χ4n) is 1.87. The Bertz CT molecular complexity index is 377. The van der Waals surface area contributed by atoms with Crippen molar-refractivity contribution in [3.05, 3.63) is 5.01 Å². The van der Waals surface area contributed by atoms with Crippen LogP contribution in [0.2, 0.25) is 0 Å². The molecule has 0 aromatic carbocycles. The van der Waals surface area contributed by atoms with Gasteiger partial charge in [0.05, 0.1) is 6.61 Å². The molecule has 1 aromatic rings. The molecule has 0 bridgehead atoms. The van der Waals surface area contributed by atoms with Gasteiger partial charge in [0.2, 0.25) is 5.01 Å². The number of ether oxygens (including phenoxy) is 1. The van der Waals surface area contributed by atoms with Crippen LogP contribution in [0.25, 0.3) is 0 Å². The van der Waals surface area contributed by atoms with E-state index in [1.807, 2.05) is 0 Å². The minimum atomic E-state index is -4.44. The number of alkyl halides is 3. The molecule has 4 nitrogen and oxygen atoms in total. The van der Waals surface area contributed by atoms with Crippen molar-refractivity contribution in [2.24, 2.45) is 5.92 Å². The number of nitrogens with zero attached hydrogens (tertiary/aromatic N) is 2. The molecule has 1 aromatic heterocycles. The average molecular weight is 281 g/mol. The van der Waals surface area contributed by atoms with Crippen molar-refractivity contribution in [3.63, 3.8) is 0 Å². The van der Waals surface area contributed by atoms with Crippen molar-refractivity contribution < 1.29 is 17.9 Å². The molecular weight excluding hydrogens is 267 g/mol. The number of hydrogen-bond donors (Lipinski definition) is 1. The van der Waals surface area contributed by atoms with Gasteiger partial charge in [-0.15, -0.1) is 5.10 Å². The van der Waals surface area contributed by atoms with Crippen molar-refractivity contribution >= 4 is 11.3 Å². The van der Waals surface area contributed by atoms with E-state index in [2.05, 4.69) is 15.5 Å². The zero-order valence-electron chi connectivity index (χ0n) is 9.66. The largest absolute Gasteiger partial charge is 0.469 e. The summed E-state index contributed by atoms with van der Waals surface area (Å²) >= 11 is 0.441. The third-order valence-electron chi connectivity index (χ3n) is 2.80. The van der Waals surface area contributed by atoms with Gasteiger partial charge in [0.25, 0.3) is 5.19 Å². The number of hydrogen-bond acceptors (Lipinski definition) is 5. The number of halogens is 3. The third-order valence-corrected chi connectivity index (χ3v) is 3.68. The van der Waals surface area contributed by atoms with E-state index in [1.54, 1.807) is 0 Å². The molecule has 0 amide bonds. The van der Waals surface area contributed by atoms with E-state index in [-0.39, 0.29) is 5.19 Å². The van der Waals surface area contributed by atoms with Crippen molar-refractivity contribution in [2.45, 2.75) is 25.4 Å². The Morgan fingerprint density at radius 2 is 2.22 bits per heavy atom. The van der Waals surface area contributed by atoms with Crippen LogP contribution in [-0.4, -0.2) is 29.9 Å². The Kier molecular flexibility index (Phi) is 4.39. The molecule has 0 spiro atoms. The Morgan fingerprint density at radius 1 is 1.39 bits per heavy atom. The van der Waals surface area contributed by atoms with Crippen molar-refractivity contribution in [1.82, 2.24) is 15.5 Å². The zero-order valence-corrected chi connectivity index (χ0v) is 10.5. The van der Waals surface area contributed by atoms with E-state index in [9.17, 15) is 13.2 Å². The maximum absolute atomic E-state index is 12.3. The summed E-state index contributed by atoms with van der Waals surface area (Å²) in [5.41, 5.74) is 0. The topological polar surface area (TPSA) is 47.0 Å². The molecule has 0 saturated carbocycles. The quantitative estimate of drug-likeness (QED) is 0.920. The Balaban J connectivity index is 1.74. The summed E-state index contributed by atoms with van der Waals surface area (Å²) in [5, 5.41) is 8.74. The van der Waals surface area contributed by atoms with Crippen LogP contribution in [0.1, 0.15) is 24.3 Å². The van der Waals surface area contributed by atoms with Crippen LogP contribution in [0.3, 0.4) is 0 Å². The first-order valence-corrected chi connectivity index (χ1v) is 6.61. The summed E-state index contributed by atoms with van der Waals surface area (Å²) in [7, 11) is 0. The first-order chi connectivity index (χ1) is 8.55. The van der Waals surface area contributed by atoms with E-state index in [0.717, 1.165) is 32.4 Å². The maximum atomic E-state index is 12.3. The van der Waals surface area contributed by atoms with Gasteiger partial charge in [-0.3, -0.25) is 0 Å². The number of rotatable bonds is 4. The molecule has 2 rings (SSSR count). The molecule has 0 aliphatic carbocycles. The number of nitrogens with one attached hydrogen (secondary N) is 1. The minimum absolute atomic E-state index is 0.00825. The molecule has 1 unspecified atom stereocenters. The molecule has 8 heteroatoms. The second-order valence-corrected chi connectivity index (χ2v) is 5.16. The summed E-state index contributed by atoms with van der Waals surface area (Å²) in [5.74, 6) is 0.536. The Labute approximate surface area is 107 Å². The second-order valence-electron chi connectivity index (χ2n) is 4.22. The molecule has 1 atom stereocenters. The highest BCUT2D eigenvalue weighted by Crippen LogP contribution is 2.33. The number of piperidine rings is 1. The average Bonchev–Trinajstić information content (AvgIpc) is 2.79. The van der Waals surface area contributed by atoms with Gasteiger partial charge in [0.1, 0.15) is 0 Å². The van der Waals surface area contributed by atoms with Gasteiger partial charge in [-0.05, 0) is 38.3 Å². The maximum Gasteiger partial charge on any atom is 0.445 e. The van der Waals surface area contributed by atoms with Gasteiger partial charge in [0, 0.05) is 0 Å². The summed E-state index contributed by atoms with van der Waals surface area (Å²) in [4.78, 5) is 0. The molecule has 1 aliphatic heterocycles. The molecule has 2 heterocycles. The lowest BCUT2D eigenvalue weighted by atomic mass is 9.97. The Hall–Kier alpha value is -0.890. The van der Waals surface area contributed by atoms with E-state index in [4.69, 9.17) is 4.74 Å². The molecular formula is C10H14F3N3OS.